The van der Waals surface area contributed by atoms with Gasteiger partial charge in [0.15, 0.2) is 5.96 Å². The minimum atomic E-state index is 0. The van der Waals surface area contributed by atoms with Crippen molar-refractivity contribution in [3.05, 3.63) is 29.8 Å². The van der Waals surface area contributed by atoms with E-state index in [2.05, 4.69) is 82.7 Å². The molecule has 0 unspecified atom stereocenters. The van der Waals surface area contributed by atoms with E-state index in [1.54, 1.807) is 7.05 Å². The van der Waals surface area contributed by atoms with E-state index in [4.69, 9.17) is 0 Å². The first kappa shape index (κ1) is 25.5. The van der Waals surface area contributed by atoms with Crippen LogP contribution in [-0.2, 0) is 11.3 Å². The number of benzene rings is 1. The number of hydrogen-bond donors (Lipinski definition) is 3. The molecular weight excluding hydrogens is 479 g/mol. The lowest BCUT2D eigenvalue weighted by Crippen LogP contribution is -2.47. The third-order valence-corrected chi connectivity index (χ3v) is 5.01. The van der Waals surface area contributed by atoms with E-state index in [-0.39, 0.29) is 29.9 Å². The molecule has 164 valence electrons. The number of carbonyl (C=O) groups is 1. The Morgan fingerprint density at radius 1 is 1.17 bits per heavy atom. The fourth-order valence-corrected chi connectivity index (χ4v) is 3.51. The second kappa shape index (κ2) is 12.9. The number of amides is 1. The number of guanidine groups is 1. The standard InChI is InChI=1S/C21H36N6O.HI/c1-16(2)27(17(3)4)13-11-24-21(22-5)25-14-18-6-8-19(9-7-18)26-12-10-23-20(28)15-26;/h6-9,16-17H,10-15H2,1-5H3,(H,23,28)(H2,22,24,25);1H. The Balaban J connectivity index is 0.00000420. The third kappa shape index (κ3) is 8.38. The lowest BCUT2D eigenvalue weighted by atomic mass is 10.2. The molecule has 1 fully saturated rings. The van der Waals surface area contributed by atoms with Crippen LogP contribution in [-0.4, -0.2) is 68.6 Å². The lowest BCUT2D eigenvalue weighted by molar-refractivity contribution is -0.120. The van der Waals surface area contributed by atoms with E-state index in [0.29, 0.717) is 31.7 Å². The number of nitrogens with zero attached hydrogens (tertiary/aromatic N) is 3. The molecular formula is C21H37IN6O. The van der Waals surface area contributed by atoms with Crippen LogP contribution >= 0.6 is 24.0 Å². The van der Waals surface area contributed by atoms with Crippen molar-refractivity contribution in [1.82, 2.24) is 20.9 Å². The van der Waals surface area contributed by atoms with Gasteiger partial charge < -0.3 is 20.9 Å². The van der Waals surface area contributed by atoms with Crippen molar-refractivity contribution in [2.75, 3.05) is 44.7 Å². The molecule has 1 aromatic carbocycles. The Hall–Kier alpha value is -1.55. The molecule has 1 aromatic rings. The van der Waals surface area contributed by atoms with Crippen molar-refractivity contribution in [2.24, 2.45) is 4.99 Å². The fraction of sp³-hybridized carbons (Fsp3) is 0.619. The summed E-state index contributed by atoms with van der Waals surface area (Å²) in [7, 11) is 1.79. The van der Waals surface area contributed by atoms with Crippen LogP contribution in [0.25, 0.3) is 0 Å². The Morgan fingerprint density at radius 3 is 2.38 bits per heavy atom. The number of aliphatic imine (C=N–C) groups is 1. The number of rotatable bonds is 8. The molecule has 0 aliphatic carbocycles. The zero-order valence-electron chi connectivity index (χ0n) is 18.4. The molecule has 1 aliphatic heterocycles. The van der Waals surface area contributed by atoms with Crippen LogP contribution in [0.2, 0.25) is 0 Å². The van der Waals surface area contributed by atoms with E-state index in [9.17, 15) is 4.79 Å². The predicted octanol–water partition coefficient (Wildman–Crippen LogP) is 2.02. The van der Waals surface area contributed by atoms with Gasteiger partial charge in [0, 0.05) is 57.5 Å². The molecule has 0 radical (unpaired) electrons. The molecule has 1 aliphatic rings. The predicted molar refractivity (Wildman–Crippen MR) is 132 cm³/mol. The zero-order valence-corrected chi connectivity index (χ0v) is 20.7. The highest BCUT2D eigenvalue weighted by Gasteiger charge is 2.16. The highest BCUT2D eigenvalue weighted by molar-refractivity contribution is 14.0. The first-order chi connectivity index (χ1) is 13.4. The van der Waals surface area contributed by atoms with E-state index < -0.39 is 0 Å². The summed E-state index contributed by atoms with van der Waals surface area (Å²) >= 11 is 0. The van der Waals surface area contributed by atoms with Gasteiger partial charge in [-0.25, -0.2) is 0 Å². The first-order valence-corrected chi connectivity index (χ1v) is 10.2. The summed E-state index contributed by atoms with van der Waals surface area (Å²) in [6.07, 6.45) is 0. The van der Waals surface area contributed by atoms with Crippen LogP contribution < -0.4 is 20.9 Å². The number of hydrogen-bond acceptors (Lipinski definition) is 4. The molecule has 29 heavy (non-hydrogen) atoms. The third-order valence-electron chi connectivity index (χ3n) is 5.01. The highest BCUT2D eigenvalue weighted by Crippen LogP contribution is 2.16. The highest BCUT2D eigenvalue weighted by atomic mass is 127. The molecule has 1 saturated heterocycles. The fourth-order valence-electron chi connectivity index (χ4n) is 3.51. The van der Waals surface area contributed by atoms with Crippen molar-refractivity contribution in [3.8, 4) is 0 Å². The summed E-state index contributed by atoms with van der Waals surface area (Å²) in [6.45, 7) is 13.4. The van der Waals surface area contributed by atoms with Gasteiger partial charge in [0.05, 0.1) is 6.54 Å². The zero-order chi connectivity index (χ0) is 20.5. The SMILES string of the molecule is CN=C(NCCN(C(C)C)C(C)C)NCc1ccc(N2CCNC(=O)C2)cc1.I. The van der Waals surface area contributed by atoms with Gasteiger partial charge in [0.2, 0.25) is 5.91 Å². The molecule has 0 atom stereocenters. The molecule has 7 nitrogen and oxygen atoms in total. The topological polar surface area (TPSA) is 72.0 Å². The average molecular weight is 516 g/mol. The summed E-state index contributed by atoms with van der Waals surface area (Å²) in [6, 6.07) is 9.41. The van der Waals surface area contributed by atoms with Gasteiger partial charge in [-0.05, 0) is 45.4 Å². The van der Waals surface area contributed by atoms with Gasteiger partial charge in [0.25, 0.3) is 0 Å². The Morgan fingerprint density at radius 2 is 1.83 bits per heavy atom. The molecule has 8 heteroatoms. The minimum Gasteiger partial charge on any atom is -0.360 e. The van der Waals surface area contributed by atoms with E-state index in [1.807, 2.05) is 0 Å². The Kier molecular flexibility index (Phi) is 11.3. The summed E-state index contributed by atoms with van der Waals surface area (Å²) in [4.78, 5) is 20.4. The van der Waals surface area contributed by atoms with Crippen molar-refractivity contribution >= 4 is 41.5 Å². The van der Waals surface area contributed by atoms with Crippen LogP contribution in [0.4, 0.5) is 5.69 Å². The van der Waals surface area contributed by atoms with Crippen LogP contribution in [0, 0.1) is 0 Å². The maximum Gasteiger partial charge on any atom is 0.239 e. The second-order valence-corrected chi connectivity index (χ2v) is 7.72. The summed E-state index contributed by atoms with van der Waals surface area (Å²) in [5.74, 6) is 0.893. The van der Waals surface area contributed by atoms with E-state index in [1.165, 1.54) is 5.56 Å². The van der Waals surface area contributed by atoms with Gasteiger partial charge >= 0.3 is 0 Å². The monoisotopic (exact) mass is 516 g/mol. The second-order valence-electron chi connectivity index (χ2n) is 7.72. The normalized spacial score (nSPS) is 14.8. The minimum absolute atomic E-state index is 0. The van der Waals surface area contributed by atoms with Crippen LogP contribution in [0.1, 0.15) is 33.3 Å². The summed E-state index contributed by atoms with van der Waals surface area (Å²) in [5.41, 5.74) is 2.27. The van der Waals surface area contributed by atoms with Gasteiger partial charge in [-0.3, -0.25) is 14.7 Å². The van der Waals surface area contributed by atoms with E-state index in [0.717, 1.165) is 31.3 Å². The maximum atomic E-state index is 11.5. The first-order valence-electron chi connectivity index (χ1n) is 10.2. The number of carbonyl (C=O) groups excluding carboxylic acids is 1. The van der Waals surface area contributed by atoms with E-state index >= 15 is 0 Å². The maximum absolute atomic E-state index is 11.5. The number of anilines is 1. The quantitative estimate of drug-likeness (QED) is 0.280. The summed E-state index contributed by atoms with van der Waals surface area (Å²) < 4.78 is 0. The van der Waals surface area contributed by atoms with Crippen molar-refractivity contribution in [3.63, 3.8) is 0 Å². The van der Waals surface area contributed by atoms with Gasteiger partial charge in [-0.15, -0.1) is 24.0 Å². The van der Waals surface area contributed by atoms with Crippen molar-refractivity contribution < 1.29 is 4.79 Å². The molecule has 3 N–H and O–H groups in total. The largest absolute Gasteiger partial charge is 0.360 e. The molecule has 0 bridgehead atoms. The van der Waals surface area contributed by atoms with Crippen molar-refractivity contribution in [2.45, 2.75) is 46.3 Å². The van der Waals surface area contributed by atoms with Gasteiger partial charge in [-0.1, -0.05) is 12.1 Å². The summed E-state index contributed by atoms with van der Waals surface area (Å²) in [5, 5.41) is 9.61. The van der Waals surface area contributed by atoms with Gasteiger partial charge in [-0.2, -0.15) is 0 Å². The molecule has 1 heterocycles. The number of nitrogens with one attached hydrogen (secondary N) is 3. The molecule has 0 spiro atoms. The Bertz CT molecular complexity index is 639. The smallest absolute Gasteiger partial charge is 0.239 e. The molecule has 2 rings (SSSR count). The molecule has 0 aromatic heterocycles. The molecule has 0 saturated carbocycles. The van der Waals surface area contributed by atoms with Crippen LogP contribution in [0.5, 0.6) is 0 Å². The number of halogens is 1. The number of piperazine rings is 1. The lowest BCUT2D eigenvalue weighted by Gasteiger charge is -2.30. The van der Waals surface area contributed by atoms with Crippen LogP contribution in [0.3, 0.4) is 0 Å². The average Bonchev–Trinajstić information content (AvgIpc) is 2.67. The van der Waals surface area contributed by atoms with Gasteiger partial charge in [0.1, 0.15) is 0 Å². The van der Waals surface area contributed by atoms with Crippen LogP contribution in [0.15, 0.2) is 29.3 Å². The van der Waals surface area contributed by atoms with Crippen molar-refractivity contribution in [1.29, 1.82) is 0 Å². The molecule has 1 amide bonds. The Labute approximate surface area is 192 Å².